The number of aliphatic hydroxyl groups is 1. The molecule has 1 aromatic carbocycles. The van der Waals surface area contributed by atoms with Crippen molar-refractivity contribution in [3.05, 3.63) is 28.2 Å². The Morgan fingerprint density at radius 1 is 1.35 bits per heavy atom. The van der Waals surface area contributed by atoms with Crippen molar-refractivity contribution < 1.29 is 14.6 Å². The Labute approximate surface area is 128 Å². The van der Waals surface area contributed by atoms with Gasteiger partial charge in [-0.25, -0.2) is 0 Å². The summed E-state index contributed by atoms with van der Waals surface area (Å²) in [5, 5.41) is 12.8. The van der Waals surface area contributed by atoms with Gasteiger partial charge in [0.1, 0.15) is 5.75 Å². The van der Waals surface area contributed by atoms with Gasteiger partial charge in [0, 0.05) is 22.7 Å². The second kappa shape index (κ2) is 7.16. The molecular weight excluding hydrogens is 301 g/mol. The number of hydrogen-bond donors (Lipinski definition) is 2. The van der Waals surface area contributed by atoms with Crippen LogP contribution in [0.5, 0.6) is 5.75 Å². The Morgan fingerprint density at radius 2 is 2.00 bits per heavy atom. The Balaban J connectivity index is 1.81. The lowest BCUT2D eigenvalue weighted by Crippen LogP contribution is -2.39. The molecule has 0 spiro atoms. The molecule has 2 rings (SSSR count). The third-order valence-corrected chi connectivity index (χ3v) is 3.62. The molecule has 1 saturated carbocycles. The highest BCUT2D eigenvalue weighted by atomic mass is 35.5. The van der Waals surface area contributed by atoms with Gasteiger partial charge in [-0.05, 0) is 43.4 Å². The highest BCUT2D eigenvalue weighted by Gasteiger charge is 2.31. The number of ether oxygens (including phenoxy) is 1. The number of carbonyl (C=O) groups excluding carboxylic acids is 1. The Kier molecular flexibility index (Phi) is 5.52. The topological polar surface area (TPSA) is 58.6 Å². The van der Waals surface area contributed by atoms with Gasteiger partial charge in [0.15, 0.2) is 6.61 Å². The normalized spacial score (nSPS) is 15.8. The van der Waals surface area contributed by atoms with Crippen LogP contribution < -0.4 is 10.1 Å². The van der Waals surface area contributed by atoms with Crippen molar-refractivity contribution in [3.8, 4) is 5.75 Å². The fourth-order valence-electron chi connectivity index (χ4n) is 2.07. The second-order valence-corrected chi connectivity index (χ2v) is 5.79. The van der Waals surface area contributed by atoms with Gasteiger partial charge in [-0.2, -0.15) is 0 Å². The van der Waals surface area contributed by atoms with Gasteiger partial charge in [0.25, 0.3) is 5.91 Å². The van der Waals surface area contributed by atoms with Crippen LogP contribution in [0.3, 0.4) is 0 Å². The molecule has 1 aliphatic rings. The third-order valence-electron chi connectivity index (χ3n) is 3.18. The summed E-state index contributed by atoms with van der Waals surface area (Å²) >= 11 is 11.7. The maximum absolute atomic E-state index is 11.8. The van der Waals surface area contributed by atoms with Gasteiger partial charge < -0.3 is 15.2 Å². The Bertz CT molecular complexity index is 457. The third kappa shape index (κ3) is 4.85. The molecule has 0 radical (unpaired) electrons. The number of hydrogen-bond acceptors (Lipinski definition) is 3. The molecule has 0 bridgehead atoms. The SMILES string of the molecule is O=C(COc1cc(Cl)cc(Cl)c1)NC(CCO)C1CC1. The average molecular weight is 318 g/mol. The lowest BCUT2D eigenvalue weighted by Gasteiger charge is -2.17. The molecule has 0 saturated heterocycles. The average Bonchev–Trinajstić information content (AvgIpc) is 3.19. The van der Waals surface area contributed by atoms with Crippen LogP contribution in [0.2, 0.25) is 10.0 Å². The molecule has 1 aliphatic carbocycles. The summed E-state index contributed by atoms with van der Waals surface area (Å²) in [5.41, 5.74) is 0. The molecule has 6 heteroatoms. The minimum atomic E-state index is -0.202. The van der Waals surface area contributed by atoms with E-state index < -0.39 is 0 Å². The number of halogens is 2. The van der Waals surface area contributed by atoms with Crippen LogP contribution in [0.4, 0.5) is 0 Å². The van der Waals surface area contributed by atoms with Gasteiger partial charge >= 0.3 is 0 Å². The molecule has 0 heterocycles. The highest BCUT2D eigenvalue weighted by Crippen LogP contribution is 2.33. The Morgan fingerprint density at radius 3 is 2.55 bits per heavy atom. The van der Waals surface area contributed by atoms with Crippen molar-refractivity contribution in [3.63, 3.8) is 0 Å². The monoisotopic (exact) mass is 317 g/mol. The summed E-state index contributed by atoms with van der Waals surface area (Å²) in [6, 6.07) is 4.85. The second-order valence-electron chi connectivity index (χ2n) is 4.92. The largest absolute Gasteiger partial charge is 0.484 e. The molecular formula is C14H17Cl2NO3. The zero-order valence-electron chi connectivity index (χ0n) is 10.9. The van der Waals surface area contributed by atoms with E-state index in [4.69, 9.17) is 33.0 Å². The molecule has 1 aromatic rings. The van der Waals surface area contributed by atoms with Crippen LogP contribution in [0.15, 0.2) is 18.2 Å². The van der Waals surface area contributed by atoms with Crippen molar-refractivity contribution in [1.29, 1.82) is 0 Å². The summed E-state index contributed by atoms with van der Waals surface area (Å²) in [4.78, 5) is 11.8. The molecule has 4 nitrogen and oxygen atoms in total. The van der Waals surface area contributed by atoms with E-state index in [0.717, 1.165) is 12.8 Å². The number of rotatable bonds is 7. The van der Waals surface area contributed by atoms with E-state index in [2.05, 4.69) is 5.32 Å². The lowest BCUT2D eigenvalue weighted by atomic mass is 10.1. The van der Waals surface area contributed by atoms with E-state index in [1.54, 1.807) is 18.2 Å². The molecule has 2 N–H and O–H groups in total. The Hall–Kier alpha value is -0.970. The molecule has 1 unspecified atom stereocenters. The van der Waals surface area contributed by atoms with Crippen molar-refractivity contribution in [2.45, 2.75) is 25.3 Å². The first kappa shape index (κ1) is 15.4. The van der Waals surface area contributed by atoms with Gasteiger partial charge in [-0.15, -0.1) is 0 Å². The number of benzene rings is 1. The van der Waals surface area contributed by atoms with Crippen LogP contribution in [-0.2, 0) is 4.79 Å². The maximum atomic E-state index is 11.8. The minimum Gasteiger partial charge on any atom is -0.484 e. The first-order chi connectivity index (χ1) is 9.58. The fraction of sp³-hybridized carbons (Fsp3) is 0.500. The first-order valence-corrected chi connectivity index (χ1v) is 7.33. The van der Waals surface area contributed by atoms with Crippen LogP contribution in [0.25, 0.3) is 0 Å². The maximum Gasteiger partial charge on any atom is 0.258 e. The van der Waals surface area contributed by atoms with Crippen molar-refractivity contribution in [1.82, 2.24) is 5.32 Å². The lowest BCUT2D eigenvalue weighted by molar-refractivity contribution is -0.124. The van der Waals surface area contributed by atoms with E-state index in [1.807, 2.05) is 0 Å². The zero-order valence-corrected chi connectivity index (χ0v) is 12.5. The predicted octanol–water partition coefficient (Wildman–Crippen LogP) is 2.65. The van der Waals surface area contributed by atoms with Gasteiger partial charge in [-0.1, -0.05) is 23.2 Å². The summed E-state index contributed by atoms with van der Waals surface area (Å²) in [5.74, 6) is 0.751. The van der Waals surface area contributed by atoms with Crippen LogP contribution in [-0.4, -0.2) is 30.3 Å². The number of amides is 1. The van der Waals surface area contributed by atoms with E-state index in [-0.39, 0.29) is 25.2 Å². The summed E-state index contributed by atoms with van der Waals surface area (Å²) < 4.78 is 5.37. The van der Waals surface area contributed by atoms with Crippen LogP contribution in [0.1, 0.15) is 19.3 Å². The predicted molar refractivity (Wildman–Crippen MR) is 78.3 cm³/mol. The number of aliphatic hydroxyl groups excluding tert-OH is 1. The molecule has 0 aliphatic heterocycles. The zero-order chi connectivity index (χ0) is 14.5. The quantitative estimate of drug-likeness (QED) is 0.812. The van der Waals surface area contributed by atoms with E-state index in [1.165, 1.54) is 0 Å². The molecule has 1 fully saturated rings. The van der Waals surface area contributed by atoms with Crippen molar-refractivity contribution >= 4 is 29.1 Å². The van der Waals surface area contributed by atoms with E-state index >= 15 is 0 Å². The minimum absolute atomic E-state index is 0.0408. The van der Waals surface area contributed by atoms with Gasteiger partial charge in [0.2, 0.25) is 0 Å². The standard InChI is InChI=1S/C14H17Cl2NO3/c15-10-5-11(16)7-12(6-10)20-8-14(19)17-13(3-4-18)9-1-2-9/h5-7,9,13,18H,1-4,8H2,(H,17,19). The van der Waals surface area contributed by atoms with E-state index in [9.17, 15) is 4.79 Å². The highest BCUT2D eigenvalue weighted by molar-refractivity contribution is 6.34. The summed E-state index contributed by atoms with van der Waals surface area (Å²) in [6.07, 6.45) is 2.80. The fourth-order valence-corrected chi connectivity index (χ4v) is 2.58. The number of carbonyl (C=O) groups is 1. The molecule has 20 heavy (non-hydrogen) atoms. The smallest absolute Gasteiger partial charge is 0.258 e. The summed E-state index contributed by atoms with van der Waals surface area (Å²) in [6.45, 7) is -0.0163. The van der Waals surface area contributed by atoms with Crippen molar-refractivity contribution in [2.75, 3.05) is 13.2 Å². The van der Waals surface area contributed by atoms with Gasteiger partial charge in [-0.3, -0.25) is 4.79 Å². The van der Waals surface area contributed by atoms with Crippen LogP contribution >= 0.6 is 23.2 Å². The van der Waals surface area contributed by atoms with Gasteiger partial charge in [0.05, 0.1) is 0 Å². The first-order valence-electron chi connectivity index (χ1n) is 6.57. The van der Waals surface area contributed by atoms with Crippen molar-refractivity contribution in [2.24, 2.45) is 5.92 Å². The van der Waals surface area contributed by atoms with Crippen LogP contribution in [0, 0.1) is 5.92 Å². The van der Waals surface area contributed by atoms with E-state index in [0.29, 0.717) is 28.1 Å². The molecule has 110 valence electrons. The molecule has 0 aromatic heterocycles. The number of nitrogens with one attached hydrogen (secondary N) is 1. The summed E-state index contributed by atoms with van der Waals surface area (Å²) in [7, 11) is 0. The molecule has 1 amide bonds. The molecule has 1 atom stereocenters.